The van der Waals surface area contributed by atoms with Crippen LogP contribution in [0.25, 0.3) is 22.2 Å². The molecule has 6 nitrogen and oxygen atoms in total. The first-order valence-electron chi connectivity index (χ1n) is 8.94. The minimum atomic E-state index is -0.305. The predicted octanol–water partition coefficient (Wildman–Crippen LogP) is 4.57. The van der Waals surface area contributed by atoms with Gasteiger partial charge in [0.25, 0.3) is 0 Å². The number of alkyl halides is 1. The lowest BCUT2D eigenvalue weighted by atomic mass is 10.1. The molecular weight excluding hydrogens is 376 g/mol. The third-order valence-electron chi connectivity index (χ3n) is 4.50. The zero-order chi connectivity index (χ0) is 20.1. The van der Waals surface area contributed by atoms with Crippen LogP contribution in [0.4, 0.5) is 10.5 Å². The molecule has 7 heteroatoms. The first-order valence-corrected chi connectivity index (χ1v) is 9.48. The van der Waals surface area contributed by atoms with Gasteiger partial charge in [0.15, 0.2) is 0 Å². The van der Waals surface area contributed by atoms with Crippen LogP contribution in [0, 0.1) is 11.3 Å². The van der Waals surface area contributed by atoms with Crippen molar-refractivity contribution in [3.63, 3.8) is 0 Å². The van der Waals surface area contributed by atoms with Gasteiger partial charge in [0.2, 0.25) is 0 Å². The van der Waals surface area contributed by atoms with Crippen molar-refractivity contribution >= 4 is 34.2 Å². The molecule has 2 N–H and O–H groups in total. The number of aromatic nitrogens is 1. The molecule has 1 aromatic heterocycles. The van der Waals surface area contributed by atoms with Crippen LogP contribution in [0.5, 0.6) is 5.75 Å². The number of anilines is 1. The Morgan fingerprint density at radius 2 is 2.00 bits per heavy atom. The van der Waals surface area contributed by atoms with Crippen LogP contribution in [0.2, 0.25) is 0 Å². The Balaban J connectivity index is 2.01. The number of rotatable bonds is 6. The van der Waals surface area contributed by atoms with Crippen molar-refractivity contribution in [3.05, 3.63) is 48.0 Å². The second kappa shape index (κ2) is 8.68. The Hall–Kier alpha value is -3.17. The molecule has 144 valence electrons. The average Bonchev–Trinajstić information content (AvgIpc) is 3.05. The highest BCUT2D eigenvalue weighted by Crippen LogP contribution is 2.35. The zero-order valence-electron chi connectivity index (χ0n) is 15.8. The van der Waals surface area contributed by atoms with Gasteiger partial charge in [0.05, 0.1) is 23.9 Å². The van der Waals surface area contributed by atoms with Crippen molar-refractivity contribution in [2.24, 2.45) is 0 Å². The summed E-state index contributed by atoms with van der Waals surface area (Å²) in [5.74, 6) is 1.11. The van der Waals surface area contributed by atoms with Crippen molar-refractivity contribution in [2.45, 2.75) is 13.5 Å². The summed E-state index contributed by atoms with van der Waals surface area (Å²) in [7, 11) is 1.63. The molecule has 0 saturated heterocycles. The summed E-state index contributed by atoms with van der Waals surface area (Å²) in [5.41, 5.74) is 4.00. The van der Waals surface area contributed by atoms with Gasteiger partial charge >= 0.3 is 6.03 Å². The fourth-order valence-electron chi connectivity index (χ4n) is 3.25. The number of hydrogen-bond acceptors (Lipinski definition) is 3. The quantitative estimate of drug-likeness (QED) is 0.599. The Bertz CT molecular complexity index is 1040. The lowest BCUT2D eigenvalue weighted by molar-refractivity contribution is 0.252. The first-order chi connectivity index (χ1) is 13.6. The maximum Gasteiger partial charge on any atom is 0.319 e. The standard InChI is InChI=1S/C21H21ClN4O2/c1-3-26-19-12-16(28-2)8-9-17(19)18(13-23)20(26)14-4-6-15(7-5-14)25-21(27)24-11-10-22/h4-9,12H,3,10-11H2,1-2H3,(H2,24,25,27). The molecule has 0 bridgehead atoms. The van der Waals surface area contributed by atoms with Crippen LogP contribution in [0.15, 0.2) is 42.5 Å². The Morgan fingerprint density at radius 3 is 2.61 bits per heavy atom. The van der Waals surface area contributed by atoms with Gasteiger partial charge in [0.1, 0.15) is 11.8 Å². The molecule has 0 radical (unpaired) electrons. The number of ether oxygens (including phenoxy) is 1. The summed E-state index contributed by atoms with van der Waals surface area (Å²) < 4.78 is 7.44. The molecule has 3 rings (SSSR count). The Labute approximate surface area is 168 Å². The third kappa shape index (κ3) is 3.75. The van der Waals surface area contributed by atoms with Crippen LogP contribution < -0.4 is 15.4 Å². The summed E-state index contributed by atoms with van der Waals surface area (Å²) in [6, 6.07) is 15.2. The smallest absolute Gasteiger partial charge is 0.319 e. The van der Waals surface area contributed by atoms with Gasteiger partial charge in [-0.1, -0.05) is 12.1 Å². The third-order valence-corrected chi connectivity index (χ3v) is 4.69. The van der Waals surface area contributed by atoms with Crippen molar-refractivity contribution in [3.8, 4) is 23.1 Å². The average molecular weight is 397 g/mol. The summed E-state index contributed by atoms with van der Waals surface area (Å²) >= 11 is 5.57. The highest BCUT2D eigenvalue weighted by atomic mass is 35.5. The van der Waals surface area contributed by atoms with Crippen LogP contribution in [-0.4, -0.2) is 30.1 Å². The van der Waals surface area contributed by atoms with E-state index in [9.17, 15) is 10.1 Å². The predicted molar refractivity (Wildman–Crippen MR) is 112 cm³/mol. The van der Waals surface area contributed by atoms with Crippen LogP contribution in [-0.2, 0) is 6.54 Å². The number of methoxy groups -OCH3 is 1. The monoisotopic (exact) mass is 396 g/mol. The molecule has 1 heterocycles. The lowest BCUT2D eigenvalue weighted by Gasteiger charge is -2.11. The number of benzene rings is 2. The minimum absolute atomic E-state index is 0.305. The Kier molecular flexibility index (Phi) is 6.07. The van der Waals surface area contributed by atoms with Gasteiger partial charge in [0, 0.05) is 36.1 Å². The van der Waals surface area contributed by atoms with Gasteiger partial charge < -0.3 is 19.9 Å². The van der Waals surface area contributed by atoms with E-state index in [-0.39, 0.29) is 6.03 Å². The number of amides is 2. The molecule has 0 saturated carbocycles. The van der Waals surface area contributed by atoms with Gasteiger partial charge in [-0.2, -0.15) is 5.26 Å². The van der Waals surface area contributed by atoms with E-state index < -0.39 is 0 Å². The SMILES string of the molecule is CCn1c(-c2ccc(NC(=O)NCCCl)cc2)c(C#N)c2ccc(OC)cc21. The van der Waals surface area contributed by atoms with E-state index in [2.05, 4.69) is 21.3 Å². The second-order valence-corrected chi connectivity index (χ2v) is 6.49. The van der Waals surface area contributed by atoms with E-state index in [1.807, 2.05) is 49.4 Å². The molecular formula is C21H21ClN4O2. The lowest BCUT2D eigenvalue weighted by Crippen LogP contribution is -2.30. The molecule has 0 aliphatic rings. The minimum Gasteiger partial charge on any atom is -0.497 e. The molecule has 2 amide bonds. The summed E-state index contributed by atoms with van der Waals surface area (Å²) in [6.07, 6.45) is 0. The maximum atomic E-state index is 11.8. The highest BCUT2D eigenvalue weighted by molar-refractivity contribution is 6.18. The maximum absolute atomic E-state index is 11.8. The number of nitrogens with one attached hydrogen (secondary N) is 2. The van der Waals surface area contributed by atoms with E-state index in [4.69, 9.17) is 16.3 Å². The highest BCUT2D eigenvalue weighted by Gasteiger charge is 2.18. The molecule has 2 aromatic carbocycles. The van der Waals surface area contributed by atoms with Crippen LogP contribution in [0.1, 0.15) is 12.5 Å². The molecule has 0 aliphatic carbocycles. The number of hydrogen-bond donors (Lipinski definition) is 2. The number of fused-ring (bicyclic) bond motifs is 1. The molecule has 3 aromatic rings. The number of urea groups is 1. The fourth-order valence-corrected chi connectivity index (χ4v) is 3.34. The largest absolute Gasteiger partial charge is 0.497 e. The molecule has 0 unspecified atom stereocenters. The van der Waals surface area contributed by atoms with Gasteiger partial charge in [-0.25, -0.2) is 4.79 Å². The van der Waals surface area contributed by atoms with E-state index in [1.165, 1.54) is 0 Å². The Morgan fingerprint density at radius 1 is 1.25 bits per heavy atom. The first kappa shape index (κ1) is 19.6. The van der Waals surface area contributed by atoms with Crippen molar-refractivity contribution < 1.29 is 9.53 Å². The number of nitrogens with zero attached hydrogens (tertiary/aromatic N) is 2. The zero-order valence-corrected chi connectivity index (χ0v) is 16.5. The summed E-state index contributed by atoms with van der Waals surface area (Å²) in [4.78, 5) is 11.8. The number of nitriles is 1. The van der Waals surface area contributed by atoms with Crippen LogP contribution in [0.3, 0.4) is 0 Å². The number of carbonyl (C=O) groups is 1. The van der Waals surface area contributed by atoms with Gasteiger partial charge in [-0.3, -0.25) is 0 Å². The fraction of sp³-hybridized carbons (Fsp3) is 0.238. The van der Waals surface area contributed by atoms with Crippen LogP contribution >= 0.6 is 11.6 Å². The number of aryl methyl sites for hydroxylation is 1. The van der Waals surface area contributed by atoms with Crippen molar-refractivity contribution in [1.29, 1.82) is 5.26 Å². The van der Waals surface area contributed by atoms with Gasteiger partial charge in [-0.05, 0) is 36.8 Å². The summed E-state index contributed by atoms with van der Waals surface area (Å²) in [6.45, 7) is 3.15. The van der Waals surface area contributed by atoms with Gasteiger partial charge in [-0.15, -0.1) is 11.6 Å². The normalized spacial score (nSPS) is 10.5. The number of halogens is 1. The van der Waals surface area contributed by atoms with Crippen molar-refractivity contribution in [2.75, 3.05) is 24.9 Å². The topological polar surface area (TPSA) is 79.1 Å². The molecule has 0 atom stereocenters. The second-order valence-electron chi connectivity index (χ2n) is 6.11. The molecule has 0 spiro atoms. The van der Waals surface area contributed by atoms with E-state index in [0.717, 1.165) is 27.9 Å². The molecule has 0 aliphatic heterocycles. The van der Waals surface area contributed by atoms with E-state index >= 15 is 0 Å². The van der Waals surface area contributed by atoms with E-state index in [0.29, 0.717) is 30.2 Å². The van der Waals surface area contributed by atoms with E-state index in [1.54, 1.807) is 7.11 Å². The molecule has 28 heavy (non-hydrogen) atoms. The van der Waals surface area contributed by atoms with Crippen molar-refractivity contribution in [1.82, 2.24) is 9.88 Å². The number of carbonyl (C=O) groups excluding carboxylic acids is 1. The summed E-state index contributed by atoms with van der Waals surface area (Å²) in [5, 5.41) is 16.1. The molecule has 0 fully saturated rings.